The summed E-state index contributed by atoms with van der Waals surface area (Å²) in [5, 5.41) is 10.7. The Kier molecular flexibility index (Phi) is 5.82. The Labute approximate surface area is 175 Å². The van der Waals surface area contributed by atoms with Gasteiger partial charge in [0.1, 0.15) is 18.3 Å². The van der Waals surface area contributed by atoms with E-state index in [0.717, 1.165) is 46.0 Å². The maximum atomic E-state index is 12.7. The molecule has 0 aromatic heterocycles. The molecule has 0 N–H and O–H groups in total. The molecule has 2 aromatic carbocycles. The van der Waals surface area contributed by atoms with Gasteiger partial charge in [-0.3, -0.25) is 4.79 Å². The van der Waals surface area contributed by atoms with Crippen molar-refractivity contribution in [1.82, 2.24) is 0 Å². The molecule has 0 spiro atoms. The maximum Gasteiger partial charge on any atom is 0.161 e. The van der Waals surface area contributed by atoms with Crippen LogP contribution >= 0.6 is 11.8 Å². The summed E-state index contributed by atoms with van der Waals surface area (Å²) in [6.45, 7) is 0.501. The number of carbonyl (C=O) groups is 1. The molecule has 2 atom stereocenters. The molecule has 0 radical (unpaired) electrons. The molecule has 1 heterocycles. The maximum absolute atomic E-state index is 12.7. The average Bonchev–Trinajstić information content (AvgIpc) is 2.77. The van der Waals surface area contributed by atoms with E-state index < -0.39 is 5.92 Å². The van der Waals surface area contributed by atoms with Gasteiger partial charge in [-0.05, 0) is 42.4 Å². The van der Waals surface area contributed by atoms with Gasteiger partial charge in [-0.2, -0.15) is 5.26 Å². The highest BCUT2D eigenvalue weighted by Crippen LogP contribution is 2.44. The standard InChI is InChI=1S/C24H22N2O2S/c1-29-24-19(14-25)22(23-20(26-24)8-5-9-21(23)27)17-10-12-18(13-11-17)28-15-16-6-3-2-4-7-16/h2-4,6-7,10-13,19,22H,5,8-9,15H2,1H3/t19?,22-/m0/s1. The van der Waals surface area contributed by atoms with Crippen molar-refractivity contribution in [3.8, 4) is 11.8 Å². The minimum absolute atomic E-state index is 0.129. The zero-order valence-electron chi connectivity index (χ0n) is 16.3. The minimum atomic E-state index is -0.429. The number of Topliss-reactive ketones (excluding diaryl/α,β-unsaturated/α-hetero) is 1. The first kappa shape index (κ1) is 19.5. The second-order valence-corrected chi connectivity index (χ2v) is 8.05. The SMILES string of the molecule is CSC1=NC2=C(C(=O)CCC2)[C@@H](c2ccc(OCc3ccccc3)cc2)C1C#N. The third-order valence-corrected chi connectivity index (χ3v) is 6.18. The summed E-state index contributed by atoms with van der Waals surface area (Å²) in [5.41, 5.74) is 3.68. The molecule has 2 aliphatic rings. The lowest BCUT2D eigenvalue weighted by molar-refractivity contribution is -0.116. The number of ketones is 1. The number of thioether (sulfide) groups is 1. The van der Waals surface area contributed by atoms with Gasteiger partial charge >= 0.3 is 0 Å². The Morgan fingerprint density at radius 2 is 1.90 bits per heavy atom. The number of allylic oxidation sites excluding steroid dienone is 2. The summed E-state index contributed by atoms with van der Waals surface area (Å²) in [4.78, 5) is 17.4. The van der Waals surface area contributed by atoms with Crippen LogP contribution in [0.5, 0.6) is 5.75 Å². The molecule has 0 saturated heterocycles. The van der Waals surface area contributed by atoms with Crippen molar-refractivity contribution >= 4 is 22.6 Å². The van der Waals surface area contributed by atoms with Gasteiger partial charge in [0.05, 0.1) is 11.1 Å². The Balaban J connectivity index is 1.61. The second kappa shape index (κ2) is 8.67. The normalized spacial score (nSPS) is 21.2. The van der Waals surface area contributed by atoms with Crippen molar-refractivity contribution in [1.29, 1.82) is 5.26 Å². The van der Waals surface area contributed by atoms with Crippen molar-refractivity contribution in [3.63, 3.8) is 0 Å². The Hall–Kier alpha value is -2.84. The fourth-order valence-electron chi connectivity index (χ4n) is 4.00. The van der Waals surface area contributed by atoms with E-state index in [1.165, 1.54) is 11.8 Å². The van der Waals surface area contributed by atoms with E-state index in [4.69, 9.17) is 4.74 Å². The van der Waals surface area contributed by atoms with E-state index in [0.29, 0.717) is 13.0 Å². The van der Waals surface area contributed by atoms with Crippen LogP contribution in [0.2, 0.25) is 0 Å². The highest BCUT2D eigenvalue weighted by molar-refractivity contribution is 8.13. The van der Waals surface area contributed by atoms with Gasteiger partial charge in [-0.25, -0.2) is 4.99 Å². The van der Waals surface area contributed by atoms with Crippen molar-refractivity contribution < 1.29 is 9.53 Å². The van der Waals surface area contributed by atoms with Gasteiger partial charge in [0, 0.05) is 23.6 Å². The van der Waals surface area contributed by atoms with Gasteiger partial charge < -0.3 is 4.74 Å². The van der Waals surface area contributed by atoms with Gasteiger partial charge in [-0.1, -0.05) is 42.5 Å². The smallest absolute Gasteiger partial charge is 0.161 e. The number of hydrogen-bond donors (Lipinski definition) is 0. The van der Waals surface area contributed by atoms with E-state index in [1.54, 1.807) is 0 Å². The lowest BCUT2D eigenvalue weighted by atomic mass is 9.74. The van der Waals surface area contributed by atoms with E-state index in [2.05, 4.69) is 11.1 Å². The molecule has 2 aromatic rings. The van der Waals surface area contributed by atoms with Crippen molar-refractivity contribution in [2.24, 2.45) is 10.9 Å². The van der Waals surface area contributed by atoms with E-state index in [1.807, 2.05) is 60.9 Å². The van der Waals surface area contributed by atoms with Crippen LogP contribution in [0, 0.1) is 17.2 Å². The zero-order chi connectivity index (χ0) is 20.2. The quantitative estimate of drug-likeness (QED) is 0.699. The summed E-state index contributed by atoms with van der Waals surface area (Å²) in [7, 11) is 0. The number of ether oxygens (including phenoxy) is 1. The number of nitriles is 1. The molecular weight excluding hydrogens is 380 g/mol. The zero-order valence-corrected chi connectivity index (χ0v) is 17.1. The van der Waals surface area contributed by atoms with Gasteiger partial charge in [-0.15, -0.1) is 11.8 Å². The van der Waals surface area contributed by atoms with Crippen LogP contribution in [0.3, 0.4) is 0 Å². The predicted octanol–water partition coefficient (Wildman–Crippen LogP) is 5.27. The molecule has 4 rings (SSSR count). The van der Waals surface area contributed by atoms with Gasteiger partial charge in [0.2, 0.25) is 0 Å². The lowest BCUT2D eigenvalue weighted by Gasteiger charge is -2.32. The number of carbonyl (C=O) groups excluding carboxylic acids is 1. The molecule has 0 amide bonds. The molecule has 1 aliphatic heterocycles. The van der Waals surface area contributed by atoms with Crippen LogP contribution in [0.25, 0.3) is 0 Å². The number of hydrogen-bond acceptors (Lipinski definition) is 5. The first-order valence-corrected chi connectivity index (χ1v) is 11.0. The number of rotatable bonds is 4. The average molecular weight is 403 g/mol. The molecule has 0 fully saturated rings. The summed E-state index contributed by atoms with van der Waals surface area (Å²) in [5.74, 6) is 0.211. The van der Waals surface area contributed by atoms with Crippen molar-refractivity contribution in [2.45, 2.75) is 31.8 Å². The summed E-state index contributed by atoms with van der Waals surface area (Å²) in [6.07, 6.45) is 4.11. The molecule has 1 aliphatic carbocycles. The van der Waals surface area contributed by atoms with Crippen LogP contribution < -0.4 is 4.74 Å². The van der Waals surface area contributed by atoms with Gasteiger partial charge in [0.15, 0.2) is 5.78 Å². The third kappa shape index (κ3) is 3.99. The second-order valence-electron chi connectivity index (χ2n) is 7.22. The third-order valence-electron chi connectivity index (χ3n) is 5.42. The highest BCUT2D eigenvalue weighted by atomic mass is 32.2. The number of aliphatic imine (C=N–C) groups is 1. The van der Waals surface area contributed by atoms with Crippen molar-refractivity contribution in [3.05, 3.63) is 77.0 Å². The Bertz CT molecular complexity index is 1000. The Morgan fingerprint density at radius 3 is 2.59 bits per heavy atom. The van der Waals surface area contributed by atoms with Crippen LogP contribution in [0.1, 0.15) is 36.3 Å². The molecule has 1 unspecified atom stereocenters. The summed E-state index contributed by atoms with van der Waals surface area (Å²) < 4.78 is 5.89. The highest BCUT2D eigenvalue weighted by Gasteiger charge is 2.40. The molecule has 0 bridgehead atoms. The largest absolute Gasteiger partial charge is 0.489 e. The fraction of sp³-hybridized carbons (Fsp3) is 0.292. The first-order chi connectivity index (χ1) is 14.2. The number of benzene rings is 2. The number of nitrogens with zero attached hydrogens (tertiary/aromatic N) is 2. The van der Waals surface area contributed by atoms with Crippen LogP contribution in [0.15, 0.2) is 70.9 Å². The van der Waals surface area contributed by atoms with Gasteiger partial charge in [0.25, 0.3) is 0 Å². The molecule has 5 heteroatoms. The predicted molar refractivity (Wildman–Crippen MR) is 116 cm³/mol. The summed E-state index contributed by atoms with van der Waals surface area (Å²) in [6, 6.07) is 20.2. The molecule has 29 heavy (non-hydrogen) atoms. The minimum Gasteiger partial charge on any atom is -0.489 e. The van der Waals surface area contributed by atoms with Crippen LogP contribution in [-0.4, -0.2) is 17.1 Å². The van der Waals surface area contributed by atoms with E-state index in [9.17, 15) is 10.1 Å². The first-order valence-electron chi connectivity index (χ1n) is 9.76. The van der Waals surface area contributed by atoms with E-state index >= 15 is 0 Å². The Morgan fingerprint density at radius 1 is 1.14 bits per heavy atom. The fourth-order valence-corrected chi connectivity index (χ4v) is 4.65. The topological polar surface area (TPSA) is 62.4 Å². The summed E-state index contributed by atoms with van der Waals surface area (Å²) >= 11 is 1.50. The van der Waals surface area contributed by atoms with Crippen LogP contribution in [-0.2, 0) is 11.4 Å². The molecule has 146 valence electrons. The van der Waals surface area contributed by atoms with Crippen molar-refractivity contribution in [2.75, 3.05) is 6.26 Å². The lowest BCUT2D eigenvalue weighted by Crippen LogP contribution is -2.30. The molecule has 4 nitrogen and oxygen atoms in total. The van der Waals surface area contributed by atoms with Crippen LogP contribution in [0.4, 0.5) is 0 Å². The molecule has 0 saturated carbocycles. The van der Waals surface area contributed by atoms with E-state index in [-0.39, 0.29) is 11.7 Å². The monoisotopic (exact) mass is 402 g/mol. The molecular formula is C24H22N2O2S.